The first-order valence-electron chi connectivity index (χ1n) is 7.52. The molecule has 0 spiro atoms. The van der Waals surface area contributed by atoms with E-state index in [0.29, 0.717) is 32.5 Å². The Morgan fingerprint density at radius 2 is 1.87 bits per heavy atom. The van der Waals surface area contributed by atoms with Gasteiger partial charge in [0.2, 0.25) is 0 Å². The number of benzene rings is 1. The van der Waals surface area contributed by atoms with Crippen LogP contribution in [-0.2, 0) is 16.1 Å². The molecular formula is C16H23ClF2N2O2. The number of likely N-dealkylation sites (N-methyl/N-ethyl adjacent to an activating group) is 1. The van der Waals surface area contributed by atoms with Crippen molar-refractivity contribution in [3.8, 4) is 0 Å². The van der Waals surface area contributed by atoms with Gasteiger partial charge in [0.1, 0.15) is 17.2 Å². The number of halogens is 3. The van der Waals surface area contributed by atoms with Crippen molar-refractivity contribution in [2.45, 2.75) is 31.9 Å². The lowest BCUT2D eigenvalue weighted by molar-refractivity contribution is -0.158. The van der Waals surface area contributed by atoms with Crippen LogP contribution in [0.25, 0.3) is 0 Å². The van der Waals surface area contributed by atoms with Gasteiger partial charge in [-0.1, -0.05) is 6.07 Å². The van der Waals surface area contributed by atoms with Gasteiger partial charge in [0.25, 0.3) is 5.91 Å². The molecule has 1 fully saturated rings. The minimum Gasteiger partial charge on any atom is -0.368 e. The maximum atomic E-state index is 13.8. The summed E-state index contributed by atoms with van der Waals surface area (Å²) in [5, 5.41) is 3.18. The van der Waals surface area contributed by atoms with Crippen LogP contribution in [0, 0.1) is 11.6 Å². The van der Waals surface area contributed by atoms with E-state index in [2.05, 4.69) is 5.32 Å². The van der Waals surface area contributed by atoms with Gasteiger partial charge in [0.05, 0.1) is 6.54 Å². The number of carbonyl (C=O) groups is 1. The predicted molar refractivity (Wildman–Crippen MR) is 86.5 cm³/mol. The summed E-state index contributed by atoms with van der Waals surface area (Å²) in [4.78, 5) is 14.3. The Hall–Kier alpha value is -1.24. The third-order valence-electron chi connectivity index (χ3n) is 4.27. The number of carbonyl (C=O) groups excluding carboxylic acids is 1. The van der Waals surface area contributed by atoms with Crippen LogP contribution in [0.15, 0.2) is 18.2 Å². The Bertz CT molecular complexity index is 517. The number of rotatable bonds is 5. The molecule has 4 nitrogen and oxygen atoms in total. The van der Waals surface area contributed by atoms with E-state index in [1.807, 2.05) is 0 Å². The summed E-state index contributed by atoms with van der Waals surface area (Å²) in [5.74, 6) is -1.48. The molecule has 1 N–H and O–H groups in total. The number of nitrogens with one attached hydrogen (secondary N) is 1. The molecule has 0 saturated carbocycles. The highest BCUT2D eigenvalue weighted by Gasteiger charge is 2.42. The van der Waals surface area contributed by atoms with Crippen LogP contribution >= 0.6 is 12.4 Å². The second-order valence-corrected chi connectivity index (χ2v) is 5.47. The first-order valence-corrected chi connectivity index (χ1v) is 7.52. The number of amides is 1. The van der Waals surface area contributed by atoms with Crippen molar-refractivity contribution in [2.75, 3.05) is 26.7 Å². The van der Waals surface area contributed by atoms with Crippen LogP contribution in [0.5, 0.6) is 0 Å². The fourth-order valence-electron chi connectivity index (χ4n) is 2.83. The van der Waals surface area contributed by atoms with Crippen LogP contribution < -0.4 is 5.32 Å². The quantitative estimate of drug-likeness (QED) is 0.889. The normalized spacial score (nSPS) is 16.5. The Balaban J connectivity index is 0.00000264. The number of nitrogens with zero attached hydrogens (tertiary/aromatic N) is 1. The lowest BCUT2D eigenvalue weighted by atomic mass is 9.90. The molecular weight excluding hydrogens is 326 g/mol. The summed E-state index contributed by atoms with van der Waals surface area (Å²) >= 11 is 0. The Morgan fingerprint density at radius 3 is 2.35 bits per heavy atom. The Kier molecular flexibility index (Phi) is 7.38. The fourth-order valence-corrected chi connectivity index (χ4v) is 2.83. The highest BCUT2D eigenvalue weighted by Crippen LogP contribution is 2.26. The lowest BCUT2D eigenvalue weighted by Crippen LogP contribution is -2.55. The fraction of sp³-hybridized carbons (Fsp3) is 0.562. The van der Waals surface area contributed by atoms with Gasteiger partial charge in [-0.05, 0) is 45.0 Å². The van der Waals surface area contributed by atoms with Crippen molar-refractivity contribution >= 4 is 18.3 Å². The van der Waals surface area contributed by atoms with E-state index >= 15 is 0 Å². The second-order valence-electron chi connectivity index (χ2n) is 5.47. The third kappa shape index (κ3) is 4.19. The molecule has 1 aliphatic rings. The summed E-state index contributed by atoms with van der Waals surface area (Å²) < 4.78 is 33.1. The SMILES string of the molecule is CCN(Cc1c(F)cccc1F)C(=O)C1(OC)CCNCC1.Cl. The van der Waals surface area contributed by atoms with Crippen molar-refractivity contribution in [1.82, 2.24) is 10.2 Å². The Labute approximate surface area is 141 Å². The first kappa shape index (κ1) is 19.8. The maximum Gasteiger partial charge on any atom is 0.255 e. The molecule has 0 aliphatic carbocycles. The number of piperidine rings is 1. The molecule has 7 heteroatoms. The van der Waals surface area contributed by atoms with E-state index in [0.717, 1.165) is 0 Å². The molecule has 1 aliphatic heterocycles. The highest BCUT2D eigenvalue weighted by molar-refractivity contribution is 5.85. The van der Waals surface area contributed by atoms with Crippen molar-refractivity contribution < 1.29 is 18.3 Å². The van der Waals surface area contributed by atoms with Crippen LogP contribution in [0.3, 0.4) is 0 Å². The van der Waals surface area contributed by atoms with E-state index in [1.54, 1.807) is 6.92 Å². The van der Waals surface area contributed by atoms with Gasteiger partial charge in [-0.3, -0.25) is 4.79 Å². The molecule has 1 saturated heterocycles. The van der Waals surface area contributed by atoms with Gasteiger partial charge in [-0.2, -0.15) is 0 Å². The van der Waals surface area contributed by atoms with Crippen molar-refractivity contribution in [3.05, 3.63) is 35.4 Å². The number of ether oxygens (including phenoxy) is 1. The molecule has 0 radical (unpaired) electrons. The molecule has 1 amide bonds. The van der Waals surface area contributed by atoms with Crippen LogP contribution in [0.2, 0.25) is 0 Å². The van der Waals surface area contributed by atoms with Gasteiger partial charge in [-0.15, -0.1) is 12.4 Å². The molecule has 0 bridgehead atoms. The van der Waals surface area contributed by atoms with E-state index in [9.17, 15) is 13.6 Å². The van der Waals surface area contributed by atoms with Crippen LogP contribution in [0.4, 0.5) is 8.78 Å². The smallest absolute Gasteiger partial charge is 0.255 e. The summed E-state index contributed by atoms with van der Waals surface area (Å²) in [6.45, 7) is 3.44. The first-order chi connectivity index (χ1) is 10.5. The molecule has 0 unspecified atom stereocenters. The molecule has 1 heterocycles. The van der Waals surface area contributed by atoms with Gasteiger partial charge >= 0.3 is 0 Å². The average molecular weight is 349 g/mol. The van der Waals surface area contributed by atoms with Crippen LogP contribution in [0.1, 0.15) is 25.3 Å². The monoisotopic (exact) mass is 348 g/mol. The standard InChI is InChI=1S/C16H22F2N2O2.ClH/c1-3-20(11-12-13(17)5-4-6-14(12)18)15(21)16(22-2)7-9-19-10-8-16;/h4-6,19H,3,7-11H2,1-2H3;1H. The van der Waals surface area contributed by atoms with Gasteiger partial charge in [0, 0.05) is 19.2 Å². The molecule has 23 heavy (non-hydrogen) atoms. The van der Waals surface area contributed by atoms with E-state index in [4.69, 9.17) is 4.74 Å². The molecule has 1 aromatic carbocycles. The largest absolute Gasteiger partial charge is 0.368 e. The maximum absolute atomic E-state index is 13.8. The second kappa shape index (κ2) is 8.57. The van der Waals surface area contributed by atoms with Crippen LogP contribution in [-0.4, -0.2) is 43.2 Å². The molecule has 0 atom stereocenters. The zero-order valence-electron chi connectivity index (χ0n) is 13.4. The lowest BCUT2D eigenvalue weighted by Gasteiger charge is -2.38. The minimum absolute atomic E-state index is 0. The van der Waals surface area contributed by atoms with E-state index in [1.165, 1.54) is 30.2 Å². The zero-order chi connectivity index (χ0) is 16.2. The van der Waals surface area contributed by atoms with Gasteiger partial charge in [-0.25, -0.2) is 8.78 Å². The summed E-state index contributed by atoms with van der Waals surface area (Å²) in [7, 11) is 1.51. The average Bonchev–Trinajstić information content (AvgIpc) is 2.55. The number of hydrogen-bond donors (Lipinski definition) is 1. The topological polar surface area (TPSA) is 41.6 Å². The molecule has 0 aromatic heterocycles. The van der Waals surface area contributed by atoms with E-state index < -0.39 is 17.2 Å². The number of methoxy groups -OCH3 is 1. The number of hydrogen-bond acceptors (Lipinski definition) is 3. The van der Waals surface area contributed by atoms with Crippen molar-refractivity contribution in [2.24, 2.45) is 0 Å². The third-order valence-corrected chi connectivity index (χ3v) is 4.27. The summed E-state index contributed by atoms with van der Waals surface area (Å²) in [6, 6.07) is 3.72. The van der Waals surface area contributed by atoms with Gasteiger partial charge in [0.15, 0.2) is 0 Å². The Morgan fingerprint density at radius 1 is 1.30 bits per heavy atom. The zero-order valence-corrected chi connectivity index (χ0v) is 14.2. The summed E-state index contributed by atoms with van der Waals surface area (Å²) in [5.41, 5.74) is -0.985. The molecule has 130 valence electrons. The van der Waals surface area contributed by atoms with Crippen molar-refractivity contribution in [3.63, 3.8) is 0 Å². The highest BCUT2D eigenvalue weighted by atomic mass is 35.5. The van der Waals surface area contributed by atoms with Gasteiger partial charge < -0.3 is 15.0 Å². The molecule has 2 rings (SSSR count). The minimum atomic E-state index is -0.900. The van der Waals surface area contributed by atoms with E-state index in [-0.39, 0.29) is 30.4 Å². The summed E-state index contributed by atoms with van der Waals surface area (Å²) in [6.07, 6.45) is 1.11. The molecule has 1 aromatic rings. The predicted octanol–water partition coefficient (Wildman–Crippen LogP) is 2.50. The van der Waals surface area contributed by atoms with Crippen molar-refractivity contribution in [1.29, 1.82) is 0 Å².